The van der Waals surface area contributed by atoms with Crippen LogP contribution in [0.3, 0.4) is 0 Å². The molecule has 0 saturated carbocycles. The van der Waals surface area contributed by atoms with E-state index < -0.39 is 9.05 Å². The van der Waals surface area contributed by atoms with Crippen molar-refractivity contribution in [1.29, 1.82) is 0 Å². The number of rotatable bonds is 0. The van der Waals surface area contributed by atoms with Crippen LogP contribution in [0.5, 0.6) is 0 Å². The third-order valence-corrected chi connectivity index (χ3v) is 0. The molecule has 40 valence electrons. The van der Waals surface area contributed by atoms with Gasteiger partial charge in [0.1, 0.15) is 0 Å². The predicted molar refractivity (Wildman–Crippen MR) is 29.3 cm³/mol. The zero-order valence-corrected chi connectivity index (χ0v) is 6.35. The Morgan fingerprint density at radius 1 is 1.50 bits per heavy atom. The summed E-state index contributed by atoms with van der Waals surface area (Å²) in [4.78, 5) is 0. The van der Waals surface area contributed by atoms with Crippen LogP contribution in [0, 0.1) is 0 Å². The average molecular weight is 195 g/mol. The molecule has 0 fully saturated rings. The van der Waals surface area contributed by atoms with E-state index in [9.17, 15) is 0 Å². The fourth-order valence-corrected chi connectivity index (χ4v) is 0. The van der Waals surface area contributed by atoms with Gasteiger partial charge in [-0.1, -0.05) is 0 Å². The van der Waals surface area contributed by atoms with Crippen molar-refractivity contribution >= 4 is 37.3 Å². The van der Waals surface area contributed by atoms with E-state index in [1.807, 2.05) is 0 Å². The maximum absolute atomic E-state index is 9.11. The molecule has 2 N–H and O–H groups in total. The molecular formula is H4O3S2Se. The van der Waals surface area contributed by atoms with Gasteiger partial charge in [-0.15, -0.1) is 0 Å². The summed E-state index contributed by atoms with van der Waals surface area (Å²) in [5, 5.41) is 0. The van der Waals surface area contributed by atoms with Crippen LogP contribution >= 0.6 is 0 Å². The second kappa shape index (κ2) is 2.90. The molecule has 0 unspecified atom stereocenters. The summed E-state index contributed by atoms with van der Waals surface area (Å²) in [6, 6.07) is 0. The first-order valence-electron chi connectivity index (χ1n) is 0.698. The molecule has 0 aliphatic heterocycles. The Morgan fingerprint density at radius 2 is 1.50 bits per heavy atom. The quantitative estimate of drug-likeness (QED) is 0.475. The molecule has 6 heteroatoms. The first kappa shape index (κ1) is 9.94. The molecule has 0 rings (SSSR count). The van der Waals surface area contributed by atoms with Gasteiger partial charge in [-0.25, -0.2) is 0 Å². The number of hydrogen-bond donors (Lipinski definition) is 2. The molecule has 0 aliphatic carbocycles. The van der Waals surface area contributed by atoms with E-state index in [1.54, 1.807) is 0 Å². The molecule has 0 atom stereocenters. The molecule has 0 amide bonds. The normalized spacial score (nSPS) is 9.67. The topological polar surface area (TPSA) is 57.5 Å². The van der Waals surface area contributed by atoms with Crippen LogP contribution in [0.2, 0.25) is 0 Å². The summed E-state index contributed by atoms with van der Waals surface area (Å²) in [5.41, 5.74) is 0. The monoisotopic (exact) mass is 196 g/mol. The minimum atomic E-state index is -3.83. The van der Waals surface area contributed by atoms with Crippen LogP contribution < -0.4 is 0 Å². The van der Waals surface area contributed by atoms with E-state index in [0.717, 1.165) is 0 Å². The zero-order valence-electron chi connectivity index (χ0n) is 2.62. The van der Waals surface area contributed by atoms with E-state index in [2.05, 4.69) is 11.2 Å². The van der Waals surface area contributed by atoms with Crippen molar-refractivity contribution in [2.24, 2.45) is 0 Å². The van der Waals surface area contributed by atoms with Crippen molar-refractivity contribution < 1.29 is 13.3 Å². The van der Waals surface area contributed by atoms with Crippen molar-refractivity contribution in [3.8, 4) is 0 Å². The fourth-order valence-electron chi connectivity index (χ4n) is 0. The van der Waals surface area contributed by atoms with Crippen LogP contribution in [-0.4, -0.2) is 30.4 Å². The summed E-state index contributed by atoms with van der Waals surface area (Å²) in [7, 11) is -3.83. The standard InChI is InChI=1S/H2O3S2.H2Se/c1-5(2,3)4;/h(H2,1,2,3,4);1H2. The molecule has 0 saturated heterocycles. The molecule has 0 aromatic carbocycles. The summed E-state index contributed by atoms with van der Waals surface area (Å²) < 4.78 is 24.0. The van der Waals surface area contributed by atoms with Gasteiger partial charge in [0.05, 0.1) is 0 Å². The zero-order chi connectivity index (χ0) is 4.50. The molecule has 0 aromatic heterocycles. The van der Waals surface area contributed by atoms with Crippen LogP contribution in [0.25, 0.3) is 0 Å². The van der Waals surface area contributed by atoms with E-state index in [1.165, 1.54) is 0 Å². The SMILES string of the molecule is O=S(O)(O)=S.[SeH2]. The fraction of sp³-hybridized carbons (Fsp3) is 0. The van der Waals surface area contributed by atoms with Crippen LogP contribution in [0.4, 0.5) is 0 Å². The van der Waals surface area contributed by atoms with Crippen molar-refractivity contribution in [2.45, 2.75) is 0 Å². The van der Waals surface area contributed by atoms with Crippen molar-refractivity contribution in [2.75, 3.05) is 0 Å². The van der Waals surface area contributed by atoms with Gasteiger partial charge in [-0.05, 0) is 0 Å². The summed E-state index contributed by atoms with van der Waals surface area (Å²) in [6.45, 7) is 0. The Hall–Kier alpha value is 0.809. The first-order valence-corrected chi connectivity index (χ1v) is 3.10. The molecular weight excluding hydrogens is 191 g/mol. The molecule has 6 heavy (non-hydrogen) atoms. The Balaban J connectivity index is 0. The first-order chi connectivity index (χ1) is 2.00. The van der Waals surface area contributed by atoms with Gasteiger partial charge in [0.25, 0.3) is 9.05 Å². The van der Waals surface area contributed by atoms with Gasteiger partial charge in [-0.2, -0.15) is 4.21 Å². The maximum atomic E-state index is 9.11. The molecule has 0 radical (unpaired) electrons. The number of hydrogen-bond acceptors (Lipinski definition) is 2. The summed E-state index contributed by atoms with van der Waals surface area (Å²) in [5.74, 6) is 0. The van der Waals surface area contributed by atoms with Gasteiger partial charge in [-0.3, -0.25) is 9.11 Å². The third kappa shape index (κ3) is 107. The van der Waals surface area contributed by atoms with Gasteiger partial charge in [0.2, 0.25) is 0 Å². The average Bonchev–Trinajstić information content (AvgIpc) is 0.722. The molecule has 0 aromatic rings. The van der Waals surface area contributed by atoms with Crippen molar-refractivity contribution in [1.82, 2.24) is 0 Å². The van der Waals surface area contributed by atoms with E-state index >= 15 is 0 Å². The minimum absolute atomic E-state index is 0. The van der Waals surface area contributed by atoms with E-state index in [4.69, 9.17) is 13.3 Å². The van der Waals surface area contributed by atoms with Crippen LogP contribution in [0.1, 0.15) is 0 Å². The Labute approximate surface area is 50.9 Å². The van der Waals surface area contributed by atoms with Gasteiger partial charge in [0, 0.05) is 11.2 Å². The Kier molecular flexibility index (Phi) is 4.80. The van der Waals surface area contributed by atoms with Crippen molar-refractivity contribution in [3.63, 3.8) is 0 Å². The molecule has 3 nitrogen and oxygen atoms in total. The third-order valence-electron chi connectivity index (χ3n) is 0. The predicted octanol–water partition coefficient (Wildman–Crippen LogP) is -1.24. The molecule has 0 heterocycles. The van der Waals surface area contributed by atoms with Crippen LogP contribution in [-0.2, 0) is 20.2 Å². The second-order valence-corrected chi connectivity index (χ2v) is 2.65. The Bertz CT molecular complexity index is 92.0. The summed E-state index contributed by atoms with van der Waals surface area (Å²) >= 11 is 3.47. The van der Waals surface area contributed by atoms with Gasteiger partial charge < -0.3 is 0 Å². The van der Waals surface area contributed by atoms with Crippen LogP contribution in [0.15, 0.2) is 0 Å². The summed E-state index contributed by atoms with van der Waals surface area (Å²) in [6.07, 6.45) is 0. The van der Waals surface area contributed by atoms with Crippen molar-refractivity contribution in [3.05, 3.63) is 0 Å². The molecule has 0 aliphatic rings. The second-order valence-electron chi connectivity index (χ2n) is 0.448. The van der Waals surface area contributed by atoms with E-state index in [0.29, 0.717) is 0 Å². The molecule has 0 bridgehead atoms. The Morgan fingerprint density at radius 3 is 1.50 bits per heavy atom. The van der Waals surface area contributed by atoms with Gasteiger partial charge >= 0.3 is 17.1 Å². The van der Waals surface area contributed by atoms with Gasteiger partial charge in [0.15, 0.2) is 0 Å². The molecule has 0 spiro atoms. The van der Waals surface area contributed by atoms with E-state index in [-0.39, 0.29) is 17.1 Å².